The summed E-state index contributed by atoms with van der Waals surface area (Å²) in [6, 6.07) is 16.5. The van der Waals surface area contributed by atoms with E-state index >= 15 is 0 Å². The fourth-order valence-corrected chi connectivity index (χ4v) is 5.02. The van der Waals surface area contributed by atoms with Crippen LogP contribution in [0.25, 0.3) is 10.8 Å². The van der Waals surface area contributed by atoms with Gasteiger partial charge in [-0.2, -0.15) is 32.2 Å². The van der Waals surface area contributed by atoms with Gasteiger partial charge in [0.25, 0.3) is 20.2 Å². The highest BCUT2D eigenvalue weighted by molar-refractivity contribution is 7.86. The molecule has 0 bridgehead atoms. The lowest BCUT2D eigenvalue weighted by atomic mass is 10.1. The zero-order valence-electron chi connectivity index (χ0n) is 19.4. The molecular weight excluding hydrogens is 520 g/mol. The molecule has 11 nitrogen and oxygen atoms in total. The van der Waals surface area contributed by atoms with Crippen LogP contribution in [0.1, 0.15) is 11.1 Å². The zero-order chi connectivity index (χ0) is 27.0. The number of aryl methyl sites for hydroxylation is 2. The van der Waals surface area contributed by atoms with Crippen LogP contribution < -0.4 is 0 Å². The van der Waals surface area contributed by atoms with Gasteiger partial charge in [-0.3, -0.25) is 9.11 Å². The highest BCUT2D eigenvalue weighted by Gasteiger charge is 2.25. The van der Waals surface area contributed by atoms with Gasteiger partial charge >= 0.3 is 0 Å². The number of aromatic hydroxyl groups is 1. The first-order valence-corrected chi connectivity index (χ1v) is 13.5. The molecule has 0 fully saturated rings. The van der Waals surface area contributed by atoms with Crippen molar-refractivity contribution < 1.29 is 31.0 Å². The summed E-state index contributed by atoms with van der Waals surface area (Å²) in [6.45, 7) is 3.64. The molecule has 0 aliphatic heterocycles. The van der Waals surface area contributed by atoms with E-state index in [0.717, 1.165) is 29.4 Å². The Balaban J connectivity index is 1.78. The molecule has 0 aliphatic carbocycles. The van der Waals surface area contributed by atoms with E-state index < -0.39 is 46.9 Å². The van der Waals surface area contributed by atoms with Crippen LogP contribution in [0.5, 0.6) is 5.75 Å². The molecular formula is C24H20N4O7S2. The average molecular weight is 541 g/mol. The van der Waals surface area contributed by atoms with Gasteiger partial charge in [0.2, 0.25) is 0 Å². The number of rotatable bonds is 6. The minimum absolute atomic E-state index is 0.325. The predicted octanol–water partition coefficient (Wildman–Crippen LogP) is 6.49. The largest absolute Gasteiger partial charge is 0.505 e. The molecule has 0 heterocycles. The Morgan fingerprint density at radius 2 is 1.24 bits per heavy atom. The van der Waals surface area contributed by atoms with Gasteiger partial charge in [-0.15, -0.1) is 5.11 Å². The molecule has 0 atom stereocenters. The van der Waals surface area contributed by atoms with Gasteiger partial charge in [-0.1, -0.05) is 30.3 Å². The highest BCUT2D eigenvalue weighted by atomic mass is 32.2. The second-order valence-electron chi connectivity index (χ2n) is 8.03. The number of hydrogen-bond acceptors (Lipinski definition) is 9. The topological polar surface area (TPSA) is 178 Å². The van der Waals surface area contributed by atoms with Crippen LogP contribution in [0.2, 0.25) is 0 Å². The Bertz CT molecular complexity index is 1820. The van der Waals surface area contributed by atoms with Crippen LogP contribution in [0.3, 0.4) is 0 Å². The molecule has 13 heteroatoms. The summed E-state index contributed by atoms with van der Waals surface area (Å²) in [5.74, 6) is -0.749. The summed E-state index contributed by atoms with van der Waals surface area (Å²) in [6.07, 6.45) is 0. The lowest BCUT2D eigenvalue weighted by Crippen LogP contribution is -2.03. The lowest BCUT2D eigenvalue weighted by molar-refractivity contribution is 0.472. The van der Waals surface area contributed by atoms with E-state index in [2.05, 4.69) is 20.5 Å². The fourth-order valence-electron chi connectivity index (χ4n) is 3.59. The molecule has 0 aliphatic rings. The van der Waals surface area contributed by atoms with Gasteiger partial charge < -0.3 is 5.11 Å². The van der Waals surface area contributed by atoms with Gasteiger partial charge in [0.15, 0.2) is 5.75 Å². The van der Waals surface area contributed by atoms with E-state index in [1.54, 1.807) is 25.1 Å². The first-order chi connectivity index (χ1) is 17.4. The second kappa shape index (κ2) is 9.78. The minimum atomic E-state index is -4.87. The lowest BCUT2D eigenvalue weighted by Gasteiger charge is -2.11. The molecule has 4 rings (SSSR count). The minimum Gasteiger partial charge on any atom is -0.505 e. The van der Waals surface area contributed by atoms with Crippen LogP contribution in [0, 0.1) is 13.8 Å². The quantitative estimate of drug-likeness (QED) is 0.185. The van der Waals surface area contributed by atoms with E-state index in [9.17, 15) is 31.0 Å². The molecule has 0 unspecified atom stereocenters. The maximum Gasteiger partial charge on any atom is 0.295 e. The third-order valence-corrected chi connectivity index (χ3v) is 7.22. The fraction of sp³-hybridized carbons (Fsp3) is 0.0833. The first kappa shape index (κ1) is 26.0. The SMILES string of the molecule is Cc1ccccc1N=Nc1ccc(N=Nc2cc(S(=O)(=O)O)c3cccc(S(=O)(=O)O)c3c2O)c(C)c1. The zero-order valence-corrected chi connectivity index (χ0v) is 21.1. The Kier molecular flexibility index (Phi) is 6.88. The normalized spacial score (nSPS) is 12.6. The predicted molar refractivity (Wildman–Crippen MR) is 136 cm³/mol. The van der Waals surface area contributed by atoms with Crippen LogP contribution in [0.15, 0.2) is 97.0 Å². The Hall–Kier alpha value is -4.04. The van der Waals surface area contributed by atoms with Crippen molar-refractivity contribution in [3.63, 3.8) is 0 Å². The van der Waals surface area contributed by atoms with E-state index in [0.29, 0.717) is 16.9 Å². The molecule has 190 valence electrons. The number of azo groups is 2. The van der Waals surface area contributed by atoms with E-state index in [1.165, 1.54) is 6.07 Å². The highest BCUT2D eigenvalue weighted by Crippen LogP contribution is 2.42. The van der Waals surface area contributed by atoms with Crippen LogP contribution in [0.4, 0.5) is 22.7 Å². The van der Waals surface area contributed by atoms with Gasteiger partial charge in [0.1, 0.15) is 15.5 Å². The van der Waals surface area contributed by atoms with Gasteiger partial charge in [0, 0.05) is 10.8 Å². The maximum absolute atomic E-state index is 12.0. The van der Waals surface area contributed by atoms with E-state index in [1.807, 2.05) is 31.2 Å². The molecule has 4 aromatic carbocycles. The van der Waals surface area contributed by atoms with Gasteiger partial charge in [-0.05, 0) is 61.4 Å². The molecule has 0 radical (unpaired) electrons. The second-order valence-corrected chi connectivity index (χ2v) is 10.8. The van der Waals surface area contributed by atoms with E-state index in [-0.39, 0.29) is 5.39 Å². The summed E-state index contributed by atoms with van der Waals surface area (Å²) >= 11 is 0. The summed E-state index contributed by atoms with van der Waals surface area (Å²) in [4.78, 5) is -1.48. The molecule has 0 saturated carbocycles. The molecule has 0 saturated heterocycles. The number of nitrogens with zero attached hydrogens (tertiary/aromatic N) is 4. The third kappa shape index (κ3) is 5.54. The Morgan fingerprint density at radius 3 is 1.89 bits per heavy atom. The summed E-state index contributed by atoms with van der Waals surface area (Å²) in [5.41, 5.74) is 2.74. The molecule has 37 heavy (non-hydrogen) atoms. The Labute approximate surface area is 212 Å². The standard InChI is InChI=1S/C24H20N4O7S2/c1-14-6-3-4-8-18(14)26-25-16-10-11-19(15(2)12-16)27-28-20-13-22(37(33,34)35)17-7-5-9-21(36(30,31)32)23(17)24(20)29/h3-13,29H,1-2H3,(H,30,31,32)(H,33,34,35). The average Bonchev–Trinajstić information content (AvgIpc) is 2.82. The van der Waals surface area contributed by atoms with Crippen LogP contribution in [-0.2, 0) is 20.2 Å². The van der Waals surface area contributed by atoms with Gasteiger partial charge in [0.05, 0.1) is 17.1 Å². The number of phenolic OH excluding ortho intramolecular Hbond substituents is 1. The number of fused-ring (bicyclic) bond motifs is 1. The molecule has 0 amide bonds. The summed E-state index contributed by atoms with van der Waals surface area (Å²) in [7, 11) is -9.74. The van der Waals surface area contributed by atoms with Crippen molar-refractivity contribution in [1.29, 1.82) is 0 Å². The Morgan fingerprint density at radius 1 is 0.622 bits per heavy atom. The summed E-state index contributed by atoms with van der Waals surface area (Å²) < 4.78 is 67.0. The van der Waals surface area contributed by atoms with Crippen molar-refractivity contribution in [3.05, 3.63) is 77.9 Å². The maximum atomic E-state index is 12.0. The van der Waals surface area contributed by atoms with Crippen molar-refractivity contribution in [3.8, 4) is 5.75 Å². The number of benzene rings is 4. The van der Waals surface area contributed by atoms with Crippen molar-refractivity contribution in [1.82, 2.24) is 0 Å². The molecule has 3 N–H and O–H groups in total. The monoisotopic (exact) mass is 540 g/mol. The van der Waals surface area contributed by atoms with Crippen LogP contribution in [-0.4, -0.2) is 31.0 Å². The van der Waals surface area contributed by atoms with Crippen molar-refractivity contribution >= 4 is 53.8 Å². The molecule has 0 aromatic heterocycles. The first-order valence-electron chi connectivity index (χ1n) is 10.6. The summed E-state index contributed by atoms with van der Waals surface area (Å²) in [5, 5.41) is 26.3. The van der Waals surface area contributed by atoms with E-state index in [4.69, 9.17) is 0 Å². The van der Waals surface area contributed by atoms with Crippen molar-refractivity contribution in [2.75, 3.05) is 0 Å². The van der Waals surface area contributed by atoms with Crippen molar-refractivity contribution in [2.45, 2.75) is 23.6 Å². The number of hydrogen-bond donors (Lipinski definition) is 3. The third-order valence-electron chi connectivity index (χ3n) is 5.43. The smallest absolute Gasteiger partial charge is 0.295 e. The number of phenols is 1. The van der Waals surface area contributed by atoms with Crippen LogP contribution >= 0.6 is 0 Å². The molecule has 0 spiro atoms. The molecule has 4 aromatic rings. The van der Waals surface area contributed by atoms with Gasteiger partial charge in [-0.25, -0.2) is 0 Å². The van der Waals surface area contributed by atoms with Crippen molar-refractivity contribution in [2.24, 2.45) is 20.5 Å².